The summed E-state index contributed by atoms with van der Waals surface area (Å²) in [6, 6.07) is -1.28. The van der Waals surface area contributed by atoms with Gasteiger partial charge in [-0.2, -0.15) is 0 Å². The molecule has 1 aromatic heterocycles. The fourth-order valence-corrected chi connectivity index (χ4v) is 2.77. The van der Waals surface area contributed by atoms with Gasteiger partial charge >= 0.3 is 12.0 Å². The van der Waals surface area contributed by atoms with E-state index < -0.39 is 18.0 Å². The predicted molar refractivity (Wildman–Crippen MR) is 76.6 cm³/mol. The molecule has 0 bridgehead atoms. The Morgan fingerprint density at radius 2 is 2.14 bits per heavy atom. The molecule has 0 saturated heterocycles. The van der Waals surface area contributed by atoms with Gasteiger partial charge in [-0.15, -0.1) is 0 Å². The van der Waals surface area contributed by atoms with Crippen molar-refractivity contribution in [2.75, 3.05) is 0 Å². The number of nitrogens with one attached hydrogen (secondary N) is 2. The predicted octanol–water partition coefficient (Wildman–Crippen LogP) is 1.25. The molecule has 7 heteroatoms. The molecule has 0 radical (unpaired) electrons. The van der Waals surface area contributed by atoms with Crippen LogP contribution >= 0.6 is 0 Å². The van der Waals surface area contributed by atoms with E-state index in [0.29, 0.717) is 0 Å². The minimum atomic E-state index is -0.964. The number of imidazole rings is 1. The summed E-state index contributed by atoms with van der Waals surface area (Å²) in [4.78, 5) is 27.3. The average molecular weight is 294 g/mol. The van der Waals surface area contributed by atoms with Gasteiger partial charge in [-0.05, 0) is 18.8 Å². The number of carbonyl (C=O) groups is 2. The second-order valence-electron chi connectivity index (χ2n) is 5.50. The number of nitrogens with zero attached hydrogens (tertiary/aromatic N) is 2. The molecular formula is C14H22N4O3. The second-order valence-corrected chi connectivity index (χ2v) is 5.50. The number of hydrogen-bond donors (Lipinski definition) is 3. The lowest BCUT2D eigenvalue weighted by Crippen LogP contribution is -2.50. The summed E-state index contributed by atoms with van der Waals surface area (Å²) in [5.41, 5.74) is 0. The fraction of sp³-hybridized carbons (Fsp3) is 0.643. The highest BCUT2D eigenvalue weighted by molar-refractivity contribution is 5.82. The summed E-state index contributed by atoms with van der Waals surface area (Å²) in [7, 11) is 1.84. The van der Waals surface area contributed by atoms with Gasteiger partial charge in [-0.1, -0.05) is 19.3 Å². The molecule has 1 aliphatic carbocycles. The summed E-state index contributed by atoms with van der Waals surface area (Å²) in [6.07, 6.45) is 8.37. The van der Waals surface area contributed by atoms with E-state index in [-0.39, 0.29) is 12.5 Å². The Morgan fingerprint density at radius 1 is 1.43 bits per heavy atom. The standard InChI is InChI=1S/C14H22N4O3/c1-18-8-7-15-11(18)9-16-14(21)17-12(13(19)20)10-5-3-2-4-6-10/h7-8,10,12H,2-6,9H2,1H3,(H,19,20)(H2,16,17,21). The number of aromatic nitrogens is 2. The third-order valence-corrected chi connectivity index (χ3v) is 4.00. The number of carboxylic acid groups (broad SMARTS) is 1. The monoisotopic (exact) mass is 294 g/mol. The van der Waals surface area contributed by atoms with Gasteiger partial charge < -0.3 is 20.3 Å². The van der Waals surface area contributed by atoms with Gasteiger partial charge in [-0.3, -0.25) is 0 Å². The quantitative estimate of drug-likeness (QED) is 0.761. The SMILES string of the molecule is Cn1ccnc1CNC(=O)NC(C(=O)O)C1CCCCC1. The summed E-state index contributed by atoms with van der Waals surface area (Å²) in [6.45, 7) is 0.270. The molecule has 1 fully saturated rings. The van der Waals surface area contributed by atoms with Crippen LogP contribution in [0.1, 0.15) is 37.9 Å². The third kappa shape index (κ3) is 4.21. The molecule has 1 unspecified atom stereocenters. The highest BCUT2D eigenvalue weighted by Crippen LogP contribution is 2.26. The smallest absolute Gasteiger partial charge is 0.326 e. The van der Waals surface area contributed by atoms with Crippen LogP contribution in [0.4, 0.5) is 4.79 Å². The van der Waals surface area contributed by atoms with Crippen LogP contribution in [0.2, 0.25) is 0 Å². The maximum Gasteiger partial charge on any atom is 0.326 e. The van der Waals surface area contributed by atoms with Crippen LogP contribution in [0.25, 0.3) is 0 Å². The molecule has 1 atom stereocenters. The van der Waals surface area contributed by atoms with E-state index >= 15 is 0 Å². The van der Waals surface area contributed by atoms with Gasteiger partial charge in [0.2, 0.25) is 0 Å². The Balaban J connectivity index is 1.86. The van der Waals surface area contributed by atoms with Crippen molar-refractivity contribution in [2.45, 2.75) is 44.7 Å². The molecule has 1 aliphatic rings. The van der Waals surface area contributed by atoms with Crippen molar-refractivity contribution in [2.24, 2.45) is 13.0 Å². The highest BCUT2D eigenvalue weighted by atomic mass is 16.4. The molecule has 1 saturated carbocycles. The van der Waals surface area contributed by atoms with Gasteiger partial charge in [0.15, 0.2) is 0 Å². The number of rotatable bonds is 5. The van der Waals surface area contributed by atoms with Crippen LogP contribution in [0.3, 0.4) is 0 Å². The molecule has 1 heterocycles. The maximum absolute atomic E-state index is 11.9. The van der Waals surface area contributed by atoms with E-state index in [1.54, 1.807) is 17.0 Å². The number of urea groups is 1. The molecule has 1 aromatic rings. The van der Waals surface area contributed by atoms with Gasteiger partial charge in [0.25, 0.3) is 0 Å². The molecule has 0 spiro atoms. The molecule has 2 amide bonds. The minimum Gasteiger partial charge on any atom is -0.480 e. The Kier molecular flexibility index (Phi) is 5.19. The summed E-state index contributed by atoms with van der Waals surface area (Å²) in [5, 5.41) is 14.5. The number of hydrogen-bond acceptors (Lipinski definition) is 3. The number of aryl methyl sites for hydroxylation is 1. The van der Waals surface area contributed by atoms with Crippen molar-refractivity contribution in [3.63, 3.8) is 0 Å². The molecule has 7 nitrogen and oxygen atoms in total. The Morgan fingerprint density at radius 3 is 2.71 bits per heavy atom. The van der Waals surface area contributed by atoms with Crippen LogP contribution in [0.5, 0.6) is 0 Å². The third-order valence-electron chi connectivity index (χ3n) is 4.00. The van der Waals surface area contributed by atoms with Crippen LogP contribution in [0, 0.1) is 5.92 Å². The van der Waals surface area contributed by atoms with Crippen molar-refractivity contribution in [1.29, 1.82) is 0 Å². The first-order valence-electron chi connectivity index (χ1n) is 7.31. The van der Waals surface area contributed by atoms with E-state index in [4.69, 9.17) is 0 Å². The average Bonchev–Trinajstić information content (AvgIpc) is 2.88. The van der Waals surface area contributed by atoms with Crippen molar-refractivity contribution >= 4 is 12.0 Å². The van der Waals surface area contributed by atoms with Gasteiger partial charge in [-0.25, -0.2) is 14.6 Å². The van der Waals surface area contributed by atoms with Crippen LogP contribution in [-0.4, -0.2) is 32.7 Å². The van der Waals surface area contributed by atoms with Crippen molar-refractivity contribution in [1.82, 2.24) is 20.2 Å². The van der Waals surface area contributed by atoms with E-state index in [0.717, 1.165) is 37.9 Å². The number of aliphatic carboxylic acids is 1. The van der Waals surface area contributed by atoms with E-state index in [1.165, 1.54) is 0 Å². The van der Waals surface area contributed by atoms with Crippen molar-refractivity contribution in [3.05, 3.63) is 18.2 Å². The van der Waals surface area contributed by atoms with Gasteiger partial charge in [0, 0.05) is 19.4 Å². The molecule has 116 valence electrons. The summed E-state index contributed by atoms with van der Waals surface area (Å²) < 4.78 is 1.80. The Hall–Kier alpha value is -2.05. The number of carbonyl (C=O) groups excluding carboxylic acids is 1. The van der Waals surface area contributed by atoms with Crippen LogP contribution in [0.15, 0.2) is 12.4 Å². The fourth-order valence-electron chi connectivity index (χ4n) is 2.77. The van der Waals surface area contributed by atoms with E-state index in [2.05, 4.69) is 15.6 Å². The zero-order valence-corrected chi connectivity index (χ0v) is 12.2. The molecular weight excluding hydrogens is 272 g/mol. The normalized spacial score (nSPS) is 17.2. The molecule has 0 aliphatic heterocycles. The molecule has 0 aromatic carbocycles. The first-order chi connectivity index (χ1) is 10.1. The van der Waals surface area contributed by atoms with Crippen LogP contribution in [-0.2, 0) is 18.4 Å². The largest absolute Gasteiger partial charge is 0.480 e. The lowest BCUT2D eigenvalue weighted by atomic mass is 9.84. The topological polar surface area (TPSA) is 96.3 Å². The minimum absolute atomic E-state index is 0.0233. The zero-order valence-electron chi connectivity index (χ0n) is 12.2. The van der Waals surface area contributed by atoms with Crippen molar-refractivity contribution < 1.29 is 14.7 Å². The first-order valence-corrected chi connectivity index (χ1v) is 7.31. The molecule has 21 heavy (non-hydrogen) atoms. The number of amides is 2. The lowest BCUT2D eigenvalue weighted by molar-refractivity contribution is -0.141. The lowest BCUT2D eigenvalue weighted by Gasteiger charge is -2.28. The van der Waals surface area contributed by atoms with Crippen molar-refractivity contribution in [3.8, 4) is 0 Å². The van der Waals surface area contributed by atoms with E-state index in [9.17, 15) is 14.7 Å². The Labute approximate surface area is 123 Å². The number of carboxylic acids is 1. The molecule has 3 N–H and O–H groups in total. The summed E-state index contributed by atoms with van der Waals surface area (Å²) in [5.74, 6) is -0.223. The summed E-state index contributed by atoms with van der Waals surface area (Å²) >= 11 is 0. The van der Waals surface area contributed by atoms with Gasteiger partial charge in [0.05, 0.1) is 6.54 Å². The molecule has 2 rings (SSSR count). The highest BCUT2D eigenvalue weighted by Gasteiger charge is 2.30. The maximum atomic E-state index is 11.9. The second kappa shape index (κ2) is 7.10. The Bertz CT molecular complexity index is 494. The van der Waals surface area contributed by atoms with Gasteiger partial charge in [0.1, 0.15) is 11.9 Å². The van der Waals surface area contributed by atoms with Crippen LogP contribution < -0.4 is 10.6 Å². The zero-order chi connectivity index (χ0) is 15.2. The van der Waals surface area contributed by atoms with E-state index in [1.807, 2.05) is 7.05 Å². The first kappa shape index (κ1) is 15.3.